The molecular formula is C18H13N3O5. The number of carbonyl (C=O) groups excluding carboxylic acids is 1. The number of non-ortho nitro benzene ring substituents is 2. The number of nitro groups is 2. The van der Waals surface area contributed by atoms with E-state index in [2.05, 4.69) is 0 Å². The minimum absolute atomic E-state index is 0.0224. The zero-order chi connectivity index (χ0) is 18.4. The number of Topliss-reactive ketones (excluding diaryl/α,β-unsaturated/α-hetero) is 1. The fraction of sp³-hybridized carbons (Fsp3) is 0.167. The standard InChI is InChI=1S/C18H13N3O5/c22-17-3-1-2-16-18(17)14-10-13(21(25)26)8-9-15(14)19(16)11-4-6-12(7-5-11)20(23)24/h4-10H,1-3H2. The Morgan fingerprint density at radius 1 is 0.885 bits per heavy atom. The Morgan fingerprint density at radius 3 is 2.19 bits per heavy atom. The molecule has 0 saturated heterocycles. The molecule has 0 aliphatic heterocycles. The highest BCUT2D eigenvalue weighted by Crippen LogP contribution is 2.36. The van der Waals surface area contributed by atoms with Crippen LogP contribution in [0, 0.1) is 20.2 Å². The smallest absolute Gasteiger partial charge is 0.270 e. The number of hydrogen-bond donors (Lipinski definition) is 0. The van der Waals surface area contributed by atoms with Crippen molar-refractivity contribution in [3.63, 3.8) is 0 Å². The fourth-order valence-electron chi connectivity index (χ4n) is 3.55. The van der Waals surface area contributed by atoms with Crippen LogP contribution in [0.2, 0.25) is 0 Å². The molecule has 0 saturated carbocycles. The Hall–Kier alpha value is -3.55. The van der Waals surface area contributed by atoms with Gasteiger partial charge in [-0.15, -0.1) is 0 Å². The van der Waals surface area contributed by atoms with E-state index >= 15 is 0 Å². The minimum Gasteiger partial charge on any atom is -0.313 e. The summed E-state index contributed by atoms with van der Waals surface area (Å²) in [6.07, 6.45) is 1.78. The second kappa shape index (κ2) is 5.76. The van der Waals surface area contributed by atoms with Crippen LogP contribution in [0.15, 0.2) is 42.5 Å². The van der Waals surface area contributed by atoms with Crippen molar-refractivity contribution in [2.75, 3.05) is 0 Å². The van der Waals surface area contributed by atoms with E-state index in [0.29, 0.717) is 41.4 Å². The molecule has 26 heavy (non-hydrogen) atoms. The molecule has 2 aromatic carbocycles. The normalized spacial score (nSPS) is 13.6. The van der Waals surface area contributed by atoms with E-state index in [-0.39, 0.29) is 17.2 Å². The van der Waals surface area contributed by atoms with Gasteiger partial charge in [-0.05, 0) is 31.0 Å². The van der Waals surface area contributed by atoms with Crippen molar-refractivity contribution in [3.8, 4) is 5.69 Å². The summed E-state index contributed by atoms with van der Waals surface area (Å²) in [5.41, 5.74) is 2.60. The molecule has 0 bridgehead atoms. The number of aromatic nitrogens is 1. The van der Waals surface area contributed by atoms with Gasteiger partial charge in [0.2, 0.25) is 0 Å². The van der Waals surface area contributed by atoms with Gasteiger partial charge in [-0.25, -0.2) is 0 Å². The lowest BCUT2D eigenvalue weighted by atomic mass is 9.94. The molecule has 8 nitrogen and oxygen atoms in total. The van der Waals surface area contributed by atoms with Gasteiger partial charge in [0.05, 0.1) is 15.4 Å². The first-order chi connectivity index (χ1) is 12.5. The van der Waals surface area contributed by atoms with E-state index in [4.69, 9.17) is 0 Å². The van der Waals surface area contributed by atoms with Gasteiger partial charge in [-0.2, -0.15) is 0 Å². The van der Waals surface area contributed by atoms with Gasteiger partial charge in [0.1, 0.15) is 0 Å². The van der Waals surface area contributed by atoms with Gasteiger partial charge in [0, 0.05) is 53.0 Å². The highest BCUT2D eigenvalue weighted by Gasteiger charge is 2.27. The number of carbonyl (C=O) groups is 1. The van der Waals surface area contributed by atoms with Crippen LogP contribution in [0.4, 0.5) is 11.4 Å². The Bertz CT molecular complexity index is 1080. The number of hydrogen-bond acceptors (Lipinski definition) is 5. The Balaban J connectivity index is 2.01. The maximum Gasteiger partial charge on any atom is 0.270 e. The average Bonchev–Trinajstić information content (AvgIpc) is 2.96. The summed E-state index contributed by atoms with van der Waals surface area (Å²) >= 11 is 0. The van der Waals surface area contributed by atoms with E-state index in [1.165, 1.54) is 24.3 Å². The van der Waals surface area contributed by atoms with Gasteiger partial charge in [-0.1, -0.05) is 0 Å². The van der Waals surface area contributed by atoms with Crippen LogP contribution < -0.4 is 0 Å². The molecule has 1 aliphatic rings. The molecule has 1 aromatic heterocycles. The summed E-state index contributed by atoms with van der Waals surface area (Å²) in [6.45, 7) is 0. The number of nitrogens with zero attached hydrogens (tertiary/aromatic N) is 3. The molecule has 0 atom stereocenters. The van der Waals surface area contributed by atoms with Gasteiger partial charge in [-0.3, -0.25) is 25.0 Å². The van der Waals surface area contributed by atoms with Crippen LogP contribution in [0.25, 0.3) is 16.6 Å². The van der Waals surface area contributed by atoms with E-state index in [9.17, 15) is 25.0 Å². The highest BCUT2D eigenvalue weighted by atomic mass is 16.6. The predicted molar refractivity (Wildman–Crippen MR) is 93.9 cm³/mol. The van der Waals surface area contributed by atoms with Crippen molar-refractivity contribution >= 4 is 28.1 Å². The third-order valence-electron chi connectivity index (χ3n) is 4.67. The molecule has 0 unspecified atom stereocenters. The maximum absolute atomic E-state index is 12.5. The maximum atomic E-state index is 12.5. The lowest BCUT2D eigenvalue weighted by molar-refractivity contribution is -0.385. The lowest BCUT2D eigenvalue weighted by Gasteiger charge is -2.15. The fourth-order valence-corrected chi connectivity index (χ4v) is 3.55. The van der Waals surface area contributed by atoms with Crippen LogP contribution in [0.3, 0.4) is 0 Å². The zero-order valence-electron chi connectivity index (χ0n) is 13.5. The average molecular weight is 351 g/mol. The molecule has 0 amide bonds. The number of fused-ring (bicyclic) bond motifs is 3. The predicted octanol–water partition coefficient (Wildman–Crippen LogP) is 3.97. The Morgan fingerprint density at radius 2 is 1.54 bits per heavy atom. The second-order valence-corrected chi connectivity index (χ2v) is 6.17. The molecule has 4 rings (SSSR count). The van der Waals surface area contributed by atoms with Gasteiger partial charge >= 0.3 is 0 Å². The van der Waals surface area contributed by atoms with Crippen molar-refractivity contribution in [2.24, 2.45) is 0 Å². The monoisotopic (exact) mass is 351 g/mol. The van der Waals surface area contributed by atoms with Crippen LogP contribution >= 0.6 is 0 Å². The summed E-state index contributed by atoms with van der Waals surface area (Å²) in [4.78, 5) is 33.5. The molecule has 1 aliphatic carbocycles. The van der Waals surface area contributed by atoms with Crippen molar-refractivity contribution in [1.29, 1.82) is 0 Å². The molecule has 0 spiro atoms. The first-order valence-corrected chi connectivity index (χ1v) is 8.07. The molecule has 0 radical (unpaired) electrons. The first kappa shape index (κ1) is 15.9. The van der Waals surface area contributed by atoms with Crippen molar-refractivity contribution in [2.45, 2.75) is 19.3 Å². The molecule has 3 aromatic rings. The topological polar surface area (TPSA) is 108 Å². The summed E-state index contributed by atoms with van der Waals surface area (Å²) in [6, 6.07) is 10.5. The van der Waals surface area contributed by atoms with E-state index in [0.717, 1.165) is 5.69 Å². The molecule has 130 valence electrons. The number of rotatable bonds is 3. The third-order valence-corrected chi connectivity index (χ3v) is 4.67. The Kier molecular flexibility index (Phi) is 3.54. The number of nitro benzene ring substituents is 2. The van der Waals surface area contributed by atoms with E-state index in [1.807, 2.05) is 4.57 Å². The van der Waals surface area contributed by atoms with Gasteiger partial charge < -0.3 is 4.57 Å². The third kappa shape index (κ3) is 2.34. The number of ketones is 1. The van der Waals surface area contributed by atoms with E-state index < -0.39 is 9.85 Å². The van der Waals surface area contributed by atoms with Crippen molar-refractivity contribution < 1.29 is 14.6 Å². The molecule has 0 N–H and O–H groups in total. The quantitative estimate of drug-likeness (QED) is 0.524. The second-order valence-electron chi connectivity index (χ2n) is 6.17. The van der Waals surface area contributed by atoms with Gasteiger partial charge in [0.25, 0.3) is 11.4 Å². The van der Waals surface area contributed by atoms with Crippen LogP contribution in [-0.4, -0.2) is 20.2 Å². The lowest BCUT2D eigenvalue weighted by Crippen LogP contribution is -2.12. The number of benzene rings is 2. The summed E-state index contributed by atoms with van der Waals surface area (Å²) in [5, 5.41) is 22.6. The SMILES string of the molecule is O=C1CCCc2c1c1cc([N+](=O)[O-])ccc1n2-c1ccc([N+](=O)[O-])cc1. The Labute approximate surface area is 147 Å². The first-order valence-electron chi connectivity index (χ1n) is 8.07. The van der Waals surface area contributed by atoms with Crippen molar-refractivity contribution in [1.82, 2.24) is 4.57 Å². The molecule has 8 heteroatoms. The van der Waals surface area contributed by atoms with Crippen LogP contribution in [0.5, 0.6) is 0 Å². The largest absolute Gasteiger partial charge is 0.313 e. The van der Waals surface area contributed by atoms with Crippen LogP contribution in [-0.2, 0) is 6.42 Å². The minimum atomic E-state index is -0.484. The summed E-state index contributed by atoms with van der Waals surface area (Å²) < 4.78 is 1.87. The zero-order valence-corrected chi connectivity index (χ0v) is 13.5. The van der Waals surface area contributed by atoms with E-state index in [1.54, 1.807) is 18.2 Å². The molecule has 1 heterocycles. The highest BCUT2D eigenvalue weighted by molar-refractivity contribution is 6.11. The molecule has 0 fully saturated rings. The van der Waals surface area contributed by atoms with Crippen molar-refractivity contribution in [3.05, 3.63) is 74.0 Å². The van der Waals surface area contributed by atoms with Gasteiger partial charge in [0.15, 0.2) is 5.78 Å². The molecular weight excluding hydrogens is 338 g/mol. The van der Waals surface area contributed by atoms with Crippen LogP contribution in [0.1, 0.15) is 28.9 Å². The summed E-state index contributed by atoms with van der Waals surface area (Å²) in [7, 11) is 0. The summed E-state index contributed by atoms with van der Waals surface area (Å²) in [5.74, 6) is -0.0302.